The minimum absolute atomic E-state index is 0.0185. The zero-order chi connectivity index (χ0) is 13.0. The molecule has 5 heteroatoms. The van der Waals surface area contributed by atoms with Crippen molar-refractivity contribution in [1.29, 1.82) is 0 Å². The SMILES string of the molecule is CNC1COCC1C(=O)NC(C)c1ccccn1. The number of nitrogens with zero attached hydrogens (tertiary/aromatic N) is 1. The smallest absolute Gasteiger partial charge is 0.227 e. The molecular formula is C13H19N3O2. The van der Waals surface area contributed by atoms with Crippen LogP contribution in [0.5, 0.6) is 0 Å². The lowest BCUT2D eigenvalue weighted by atomic mass is 10.0. The molecule has 1 aromatic rings. The highest BCUT2D eigenvalue weighted by molar-refractivity contribution is 5.80. The summed E-state index contributed by atoms with van der Waals surface area (Å²) >= 11 is 0. The third-order valence-electron chi connectivity index (χ3n) is 3.28. The molecule has 1 amide bonds. The van der Waals surface area contributed by atoms with E-state index in [1.54, 1.807) is 6.20 Å². The van der Waals surface area contributed by atoms with Gasteiger partial charge in [-0.05, 0) is 26.1 Å². The highest BCUT2D eigenvalue weighted by atomic mass is 16.5. The largest absolute Gasteiger partial charge is 0.379 e. The van der Waals surface area contributed by atoms with Crippen LogP contribution in [0.4, 0.5) is 0 Å². The quantitative estimate of drug-likeness (QED) is 0.815. The molecule has 0 saturated carbocycles. The van der Waals surface area contributed by atoms with Crippen molar-refractivity contribution in [1.82, 2.24) is 15.6 Å². The molecule has 0 spiro atoms. The molecule has 0 bridgehead atoms. The predicted molar refractivity (Wildman–Crippen MR) is 68.0 cm³/mol. The molecule has 1 saturated heterocycles. The topological polar surface area (TPSA) is 63.2 Å². The minimum atomic E-state index is -0.124. The van der Waals surface area contributed by atoms with Gasteiger partial charge in [0.25, 0.3) is 0 Å². The maximum absolute atomic E-state index is 12.1. The minimum Gasteiger partial charge on any atom is -0.379 e. The van der Waals surface area contributed by atoms with Gasteiger partial charge in [0.15, 0.2) is 0 Å². The Morgan fingerprint density at radius 3 is 3.00 bits per heavy atom. The number of ether oxygens (including phenoxy) is 1. The van der Waals surface area contributed by atoms with Crippen molar-refractivity contribution in [2.45, 2.75) is 19.0 Å². The molecule has 2 heterocycles. The number of carbonyl (C=O) groups excluding carboxylic acids is 1. The molecule has 1 aromatic heterocycles. The van der Waals surface area contributed by atoms with Gasteiger partial charge in [0.2, 0.25) is 5.91 Å². The molecule has 18 heavy (non-hydrogen) atoms. The summed E-state index contributed by atoms with van der Waals surface area (Å²) in [7, 11) is 1.85. The third kappa shape index (κ3) is 2.86. The summed E-state index contributed by atoms with van der Waals surface area (Å²) in [6.45, 7) is 3.00. The molecule has 0 radical (unpaired) electrons. The Hall–Kier alpha value is -1.46. The fourth-order valence-corrected chi connectivity index (χ4v) is 2.12. The summed E-state index contributed by atoms with van der Waals surface area (Å²) in [4.78, 5) is 16.4. The van der Waals surface area contributed by atoms with Crippen LogP contribution in [0, 0.1) is 5.92 Å². The Balaban J connectivity index is 1.95. The first-order valence-electron chi connectivity index (χ1n) is 6.18. The number of amides is 1. The Kier molecular flexibility index (Phi) is 4.28. The van der Waals surface area contributed by atoms with Crippen LogP contribution in [0.25, 0.3) is 0 Å². The van der Waals surface area contributed by atoms with Gasteiger partial charge in [0.1, 0.15) is 0 Å². The van der Waals surface area contributed by atoms with Gasteiger partial charge in [-0.3, -0.25) is 9.78 Å². The number of pyridine rings is 1. The van der Waals surface area contributed by atoms with Gasteiger partial charge in [-0.15, -0.1) is 0 Å². The summed E-state index contributed by atoms with van der Waals surface area (Å²) in [5, 5.41) is 6.09. The van der Waals surface area contributed by atoms with Crippen LogP contribution >= 0.6 is 0 Å². The Bertz CT molecular complexity index is 396. The van der Waals surface area contributed by atoms with Crippen LogP contribution in [0.1, 0.15) is 18.7 Å². The van der Waals surface area contributed by atoms with Gasteiger partial charge in [-0.2, -0.15) is 0 Å². The zero-order valence-corrected chi connectivity index (χ0v) is 10.7. The van der Waals surface area contributed by atoms with E-state index in [0.717, 1.165) is 5.69 Å². The molecule has 1 aliphatic rings. The summed E-state index contributed by atoms with van der Waals surface area (Å²) in [5.41, 5.74) is 0.866. The number of carbonyl (C=O) groups is 1. The van der Waals surface area contributed by atoms with E-state index in [4.69, 9.17) is 4.74 Å². The molecule has 1 aliphatic heterocycles. The molecule has 5 nitrogen and oxygen atoms in total. The van der Waals surface area contributed by atoms with Crippen molar-refractivity contribution >= 4 is 5.91 Å². The molecule has 3 unspecified atom stereocenters. The number of rotatable bonds is 4. The Labute approximate surface area is 107 Å². The summed E-state index contributed by atoms with van der Waals surface area (Å²) in [5.74, 6) is -0.105. The van der Waals surface area contributed by atoms with E-state index in [2.05, 4.69) is 15.6 Å². The summed E-state index contributed by atoms with van der Waals surface area (Å²) in [6, 6.07) is 5.70. The number of aromatic nitrogens is 1. The number of likely N-dealkylation sites (N-methyl/N-ethyl adjacent to an activating group) is 1. The predicted octanol–water partition coefficient (Wildman–Crippen LogP) is 0.493. The highest BCUT2D eigenvalue weighted by Crippen LogP contribution is 2.16. The van der Waals surface area contributed by atoms with Crippen molar-refractivity contribution in [3.8, 4) is 0 Å². The van der Waals surface area contributed by atoms with Crippen LogP contribution in [0.2, 0.25) is 0 Å². The van der Waals surface area contributed by atoms with Crippen LogP contribution in [0.3, 0.4) is 0 Å². The van der Waals surface area contributed by atoms with Gasteiger partial charge in [-0.25, -0.2) is 0 Å². The molecule has 3 atom stereocenters. The van der Waals surface area contributed by atoms with Gasteiger partial charge < -0.3 is 15.4 Å². The first-order valence-corrected chi connectivity index (χ1v) is 6.18. The maximum atomic E-state index is 12.1. The van der Waals surface area contributed by atoms with Gasteiger partial charge in [-0.1, -0.05) is 6.07 Å². The standard InChI is InChI=1S/C13H19N3O2/c1-9(11-5-3-4-6-15-11)16-13(17)10-7-18-8-12(10)14-2/h3-6,9-10,12,14H,7-8H2,1-2H3,(H,16,17). The second kappa shape index (κ2) is 5.93. The van der Waals surface area contributed by atoms with E-state index >= 15 is 0 Å². The second-order valence-corrected chi connectivity index (χ2v) is 4.52. The van der Waals surface area contributed by atoms with E-state index in [1.807, 2.05) is 32.2 Å². The molecule has 2 rings (SSSR count). The second-order valence-electron chi connectivity index (χ2n) is 4.52. The monoisotopic (exact) mass is 249 g/mol. The van der Waals surface area contributed by atoms with E-state index in [9.17, 15) is 4.79 Å². The fourth-order valence-electron chi connectivity index (χ4n) is 2.12. The van der Waals surface area contributed by atoms with E-state index in [-0.39, 0.29) is 23.9 Å². The normalized spacial score (nSPS) is 24.8. The Morgan fingerprint density at radius 2 is 2.33 bits per heavy atom. The fraction of sp³-hybridized carbons (Fsp3) is 0.538. The molecule has 1 fully saturated rings. The van der Waals surface area contributed by atoms with E-state index < -0.39 is 0 Å². The molecule has 0 aromatic carbocycles. The highest BCUT2D eigenvalue weighted by Gasteiger charge is 2.33. The lowest BCUT2D eigenvalue weighted by Gasteiger charge is -2.19. The van der Waals surface area contributed by atoms with Crippen LogP contribution in [-0.4, -0.2) is 37.2 Å². The van der Waals surface area contributed by atoms with Crippen molar-refractivity contribution in [2.75, 3.05) is 20.3 Å². The van der Waals surface area contributed by atoms with Crippen molar-refractivity contribution in [2.24, 2.45) is 5.92 Å². The maximum Gasteiger partial charge on any atom is 0.227 e. The van der Waals surface area contributed by atoms with Crippen LogP contribution in [-0.2, 0) is 9.53 Å². The average molecular weight is 249 g/mol. The molecule has 98 valence electrons. The summed E-state index contributed by atoms with van der Waals surface area (Å²) < 4.78 is 5.33. The average Bonchev–Trinajstić information content (AvgIpc) is 2.88. The van der Waals surface area contributed by atoms with E-state index in [1.165, 1.54) is 0 Å². The Morgan fingerprint density at radius 1 is 1.50 bits per heavy atom. The first-order chi connectivity index (χ1) is 8.72. The number of hydrogen-bond donors (Lipinski definition) is 2. The molecular weight excluding hydrogens is 230 g/mol. The van der Waals surface area contributed by atoms with Crippen molar-refractivity contribution in [3.63, 3.8) is 0 Å². The first kappa shape index (κ1) is 13.0. The number of hydrogen-bond acceptors (Lipinski definition) is 4. The summed E-state index contributed by atoms with van der Waals surface area (Å²) in [6.07, 6.45) is 1.73. The lowest BCUT2D eigenvalue weighted by Crippen LogP contribution is -2.43. The third-order valence-corrected chi connectivity index (χ3v) is 3.28. The van der Waals surface area contributed by atoms with Gasteiger partial charge in [0, 0.05) is 12.2 Å². The van der Waals surface area contributed by atoms with Crippen molar-refractivity contribution < 1.29 is 9.53 Å². The number of nitrogens with one attached hydrogen (secondary N) is 2. The van der Waals surface area contributed by atoms with E-state index in [0.29, 0.717) is 13.2 Å². The lowest BCUT2D eigenvalue weighted by molar-refractivity contribution is -0.126. The van der Waals surface area contributed by atoms with Gasteiger partial charge >= 0.3 is 0 Å². The zero-order valence-electron chi connectivity index (χ0n) is 10.7. The van der Waals surface area contributed by atoms with Crippen molar-refractivity contribution in [3.05, 3.63) is 30.1 Å². The van der Waals surface area contributed by atoms with Crippen LogP contribution in [0.15, 0.2) is 24.4 Å². The van der Waals surface area contributed by atoms with Gasteiger partial charge in [0.05, 0.1) is 30.9 Å². The molecule has 0 aliphatic carbocycles. The molecule has 2 N–H and O–H groups in total. The van der Waals surface area contributed by atoms with Crippen LogP contribution < -0.4 is 10.6 Å².